The maximum Gasteiger partial charge on any atom is 0.215 e. The smallest absolute Gasteiger partial charge is 0.215 e. The third kappa shape index (κ3) is 1.99. The van der Waals surface area contributed by atoms with Gasteiger partial charge in [-0.3, -0.25) is 9.48 Å². The number of benzene rings is 2. The Morgan fingerprint density at radius 3 is 2.65 bits per heavy atom. The second-order valence-corrected chi connectivity index (χ2v) is 5.21. The van der Waals surface area contributed by atoms with Gasteiger partial charge in [-0.05, 0) is 18.2 Å². The normalized spacial score (nSPS) is 10.9. The Morgan fingerprint density at radius 2 is 1.85 bits per heavy atom. The van der Waals surface area contributed by atoms with E-state index < -0.39 is 0 Å². The summed E-state index contributed by atoms with van der Waals surface area (Å²) in [6.45, 7) is 0. The predicted molar refractivity (Wildman–Crippen MR) is 80.6 cm³/mol. The molecule has 0 amide bonds. The number of carbonyl (C=O) groups excluding carboxylic acids is 1. The van der Waals surface area contributed by atoms with Gasteiger partial charge in [-0.15, -0.1) is 0 Å². The molecule has 0 aliphatic heterocycles. The number of carbonyl (C=O) groups is 1. The van der Waals surface area contributed by atoms with E-state index in [9.17, 15) is 4.79 Å². The van der Waals surface area contributed by atoms with E-state index in [0.717, 1.165) is 10.9 Å². The molecule has 0 radical (unpaired) electrons. The molecule has 5 heteroatoms. The van der Waals surface area contributed by atoms with Crippen LogP contribution in [0.15, 0.2) is 42.5 Å². The highest BCUT2D eigenvalue weighted by Gasteiger charge is 2.20. The van der Waals surface area contributed by atoms with Crippen LogP contribution in [0.3, 0.4) is 0 Å². The number of aromatic nitrogens is 2. The summed E-state index contributed by atoms with van der Waals surface area (Å²) < 4.78 is 1.68. The number of fused-ring (bicyclic) bond motifs is 1. The van der Waals surface area contributed by atoms with Crippen LogP contribution < -0.4 is 0 Å². The lowest BCUT2D eigenvalue weighted by atomic mass is 10.1. The Labute approximate surface area is 125 Å². The van der Waals surface area contributed by atoms with Crippen molar-refractivity contribution in [3.05, 3.63) is 63.8 Å². The molecule has 0 saturated carbocycles. The zero-order valence-corrected chi connectivity index (χ0v) is 12.1. The van der Waals surface area contributed by atoms with Crippen molar-refractivity contribution in [1.82, 2.24) is 9.78 Å². The topological polar surface area (TPSA) is 34.9 Å². The Hall–Kier alpha value is -1.84. The molecule has 0 unspecified atom stereocenters. The molecule has 0 bridgehead atoms. The molecule has 3 nitrogen and oxygen atoms in total. The summed E-state index contributed by atoms with van der Waals surface area (Å²) in [5.74, 6) is -0.227. The summed E-state index contributed by atoms with van der Waals surface area (Å²) in [5, 5.41) is 5.72. The van der Waals surface area contributed by atoms with Crippen LogP contribution in [0.5, 0.6) is 0 Å². The average Bonchev–Trinajstić information content (AvgIpc) is 2.79. The van der Waals surface area contributed by atoms with Gasteiger partial charge in [0.2, 0.25) is 5.78 Å². The summed E-state index contributed by atoms with van der Waals surface area (Å²) >= 11 is 12.1. The molecule has 0 N–H and O–H groups in total. The third-order valence-electron chi connectivity index (χ3n) is 3.17. The fourth-order valence-corrected chi connectivity index (χ4v) is 2.57. The number of para-hydroxylation sites is 1. The highest BCUT2D eigenvalue weighted by Crippen LogP contribution is 2.29. The lowest BCUT2D eigenvalue weighted by Crippen LogP contribution is -2.04. The maximum absolute atomic E-state index is 12.6. The third-order valence-corrected chi connectivity index (χ3v) is 3.99. The van der Waals surface area contributed by atoms with Gasteiger partial charge in [0, 0.05) is 18.0 Å². The van der Waals surface area contributed by atoms with Gasteiger partial charge < -0.3 is 0 Å². The van der Waals surface area contributed by atoms with E-state index in [2.05, 4.69) is 5.10 Å². The van der Waals surface area contributed by atoms with Gasteiger partial charge in [0.15, 0.2) is 0 Å². The van der Waals surface area contributed by atoms with E-state index in [4.69, 9.17) is 23.2 Å². The fourth-order valence-electron chi connectivity index (χ4n) is 2.19. The van der Waals surface area contributed by atoms with Gasteiger partial charge >= 0.3 is 0 Å². The molecule has 0 atom stereocenters. The number of hydrogen-bond donors (Lipinski definition) is 0. The van der Waals surface area contributed by atoms with Crippen molar-refractivity contribution in [1.29, 1.82) is 0 Å². The van der Waals surface area contributed by atoms with E-state index in [-0.39, 0.29) is 10.8 Å². The molecular formula is C15H10Cl2N2O. The van der Waals surface area contributed by atoms with Crippen LogP contribution in [0.1, 0.15) is 16.1 Å². The summed E-state index contributed by atoms with van der Waals surface area (Å²) in [4.78, 5) is 12.6. The average molecular weight is 305 g/mol. The van der Waals surface area contributed by atoms with E-state index in [0.29, 0.717) is 16.3 Å². The van der Waals surface area contributed by atoms with Gasteiger partial charge in [0.05, 0.1) is 15.6 Å². The first kappa shape index (κ1) is 13.2. The molecule has 100 valence electrons. The lowest BCUT2D eigenvalue weighted by Gasteiger charge is -2.03. The molecular weight excluding hydrogens is 295 g/mol. The largest absolute Gasteiger partial charge is 0.287 e. The van der Waals surface area contributed by atoms with Gasteiger partial charge in [-0.1, -0.05) is 47.5 Å². The van der Waals surface area contributed by atoms with E-state index in [1.807, 2.05) is 24.3 Å². The summed E-state index contributed by atoms with van der Waals surface area (Å²) in [6, 6.07) is 12.6. The Bertz CT molecular complexity index is 824. The molecule has 0 aliphatic carbocycles. The van der Waals surface area contributed by atoms with Crippen molar-refractivity contribution >= 4 is 39.9 Å². The predicted octanol–water partition coefficient (Wildman–Crippen LogP) is 4.11. The quantitative estimate of drug-likeness (QED) is 0.668. The van der Waals surface area contributed by atoms with Crippen LogP contribution in [0.2, 0.25) is 10.0 Å². The van der Waals surface area contributed by atoms with E-state index in [1.54, 1.807) is 29.9 Å². The minimum Gasteiger partial charge on any atom is -0.287 e. The van der Waals surface area contributed by atoms with Crippen molar-refractivity contribution in [2.45, 2.75) is 0 Å². The second-order valence-electron chi connectivity index (χ2n) is 4.42. The van der Waals surface area contributed by atoms with Gasteiger partial charge in [-0.2, -0.15) is 5.10 Å². The number of rotatable bonds is 2. The minimum absolute atomic E-state index is 0.227. The van der Waals surface area contributed by atoms with Crippen LogP contribution in [0, 0.1) is 0 Å². The number of ketones is 1. The SMILES string of the molecule is Cn1nc(C(=O)c2cccc(Cl)c2Cl)c2ccccc21. The van der Waals surface area contributed by atoms with Gasteiger partial charge in [-0.25, -0.2) is 0 Å². The number of nitrogens with zero attached hydrogens (tertiary/aromatic N) is 2. The first-order chi connectivity index (χ1) is 9.59. The first-order valence-corrected chi connectivity index (χ1v) is 6.75. The zero-order valence-electron chi connectivity index (χ0n) is 10.6. The van der Waals surface area contributed by atoms with Crippen LogP contribution in [0.4, 0.5) is 0 Å². The number of aryl methyl sites for hydroxylation is 1. The summed E-state index contributed by atoms with van der Waals surface area (Å²) in [5.41, 5.74) is 1.64. The highest BCUT2D eigenvalue weighted by atomic mass is 35.5. The maximum atomic E-state index is 12.6. The summed E-state index contributed by atoms with van der Waals surface area (Å²) in [6.07, 6.45) is 0. The Balaban J connectivity index is 2.21. The molecule has 0 spiro atoms. The van der Waals surface area contributed by atoms with Crippen LogP contribution in [-0.2, 0) is 7.05 Å². The first-order valence-electron chi connectivity index (χ1n) is 6.00. The van der Waals surface area contributed by atoms with Crippen molar-refractivity contribution in [2.24, 2.45) is 7.05 Å². The standard InChI is InChI=1S/C15H10Cl2N2O/c1-19-12-8-3-2-5-9(12)14(18-19)15(20)10-6-4-7-11(16)13(10)17/h2-8H,1H3. The van der Waals surface area contributed by atoms with E-state index in [1.165, 1.54) is 0 Å². The molecule has 3 rings (SSSR count). The molecule has 1 heterocycles. The number of hydrogen-bond acceptors (Lipinski definition) is 2. The van der Waals surface area contributed by atoms with Crippen LogP contribution >= 0.6 is 23.2 Å². The van der Waals surface area contributed by atoms with E-state index >= 15 is 0 Å². The van der Waals surface area contributed by atoms with Crippen molar-refractivity contribution in [2.75, 3.05) is 0 Å². The molecule has 0 aliphatic rings. The van der Waals surface area contributed by atoms with Crippen LogP contribution in [-0.4, -0.2) is 15.6 Å². The molecule has 0 saturated heterocycles. The molecule has 0 fully saturated rings. The Kier molecular flexibility index (Phi) is 3.24. The van der Waals surface area contributed by atoms with Crippen molar-refractivity contribution in [3.8, 4) is 0 Å². The molecule has 20 heavy (non-hydrogen) atoms. The minimum atomic E-state index is -0.227. The van der Waals surface area contributed by atoms with Gasteiger partial charge in [0.25, 0.3) is 0 Å². The zero-order chi connectivity index (χ0) is 14.3. The van der Waals surface area contributed by atoms with Crippen molar-refractivity contribution < 1.29 is 4.79 Å². The molecule has 2 aromatic carbocycles. The van der Waals surface area contributed by atoms with Crippen molar-refractivity contribution in [3.63, 3.8) is 0 Å². The summed E-state index contributed by atoms with van der Waals surface area (Å²) in [7, 11) is 1.80. The fraction of sp³-hybridized carbons (Fsp3) is 0.0667. The molecule has 1 aromatic heterocycles. The monoisotopic (exact) mass is 304 g/mol. The number of halogens is 2. The Morgan fingerprint density at radius 1 is 1.10 bits per heavy atom. The second kappa shape index (κ2) is 4.93. The molecule has 3 aromatic rings. The highest BCUT2D eigenvalue weighted by molar-refractivity contribution is 6.44. The lowest BCUT2D eigenvalue weighted by molar-refractivity contribution is 0.103. The van der Waals surface area contributed by atoms with Crippen LogP contribution in [0.25, 0.3) is 10.9 Å². The van der Waals surface area contributed by atoms with Gasteiger partial charge in [0.1, 0.15) is 5.69 Å².